The van der Waals surface area contributed by atoms with Crippen molar-refractivity contribution in [3.05, 3.63) is 102 Å². The van der Waals surface area contributed by atoms with Crippen LogP contribution in [0.5, 0.6) is 0 Å². The number of nitrogens with zero attached hydrogens (tertiary/aromatic N) is 1. The molecule has 0 aliphatic rings. The fourth-order valence-electron chi connectivity index (χ4n) is 5.66. The van der Waals surface area contributed by atoms with Crippen molar-refractivity contribution in [2.24, 2.45) is 17.2 Å². The van der Waals surface area contributed by atoms with Crippen molar-refractivity contribution in [1.29, 1.82) is 0 Å². The lowest BCUT2D eigenvalue weighted by molar-refractivity contribution is -0.134. The predicted molar refractivity (Wildman–Crippen MR) is 202 cm³/mol. The summed E-state index contributed by atoms with van der Waals surface area (Å²) in [5.74, 6) is -3.46. The predicted octanol–water partition coefficient (Wildman–Crippen LogP) is 0.201. The molecule has 0 saturated carbocycles. The summed E-state index contributed by atoms with van der Waals surface area (Å²) in [5, 5.41) is 15.2. The number of nitrogens with two attached hydrogens (primary N) is 3. The van der Waals surface area contributed by atoms with Crippen molar-refractivity contribution in [3.8, 4) is 0 Å². The third kappa shape index (κ3) is 12.4. The van der Waals surface area contributed by atoms with Gasteiger partial charge in [0.1, 0.15) is 24.2 Å². The van der Waals surface area contributed by atoms with Crippen LogP contribution in [0.4, 0.5) is 4.79 Å². The summed E-state index contributed by atoms with van der Waals surface area (Å²) in [5.41, 5.74) is 17.4. The lowest BCUT2D eigenvalue weighted by Gasteiger charge is -2.27. The first-order chi connectivity index (χ1) is 25.7. The second kappa shape index (κ2) is 19.0. The molecule has 3 aromatic carbocycles. The molecule has 12 N–H and O–H groups in total. The largest absolute Gasteiger partial charge is 0.368 e. The smallest absolute Gasteiger partial charge is 0.312 e. The first kappa shape index (κ1) is 40.5. The highest BCUT2D eigenvalue weighted by molar-refractivity contribution is 5.96. The molecule has 4 atom stereocenters. The molecule has 0 aliphatic carbocycles. The lowest BCUT2D eigenvalue weighted by atomic mass is 9.99. The van der Waals surface area contributed by atoms with Crippen LogP contribution in [0.2, 0.25) is 0 Å². The van der Waals surface area contributed by atoms with E-state index in [1.165, 1.54) is 26.4 Å². The zero-order valence-corrected chi connectivity index (χ0v) is 30.3. The van der Waals surface area contributed by atoms with Crippen LogP contribution in [0.25, 0.3) is 10.8 Å². The van der Waals surface area contributed by atoms with E-state index in [2.05, 4.69) is 36.6 Å². The maximum absolute atomic E-state index is 14.3. The molecule has 16 heteroatoms. The number of hydrogen-bond donors (Lipinski definition) is 9. The van der Waals surface area contributed by atoms with Crippen LogP contribution in [0, 0.1) is 0 Å². The summed E-state index contributed by atoms with van der Waals surface area (Å²) in [6.45, 7) is 3.16. The normalized spacial score (nSPS) is 13.5. The van der Waals surface area contributed by atoms with Crippen molar-refractivity contribution >= 4 is 46.3 Å². The quantitative estimate of drug-likeness (QED) is 0.0598. The summed E-state index contributed by atoms with van der Waals surface area (Å²) in [6, 6.07) is 16.8. The molecule has 0 bridgehead atoms. The van der Waals surface area contributed by atoms with Gasteiger partial charge in [0.05, 0.1) is 11.9 Å². The molecule has 4 rings (SSSR count). The number of aromatic nitrogens is 2. The summed E-state index contributed by atoms with van der Waals surface area (Å²) in [7, 11) is 0. The second-order valence-corrected chi connectivity index (χ2v) is 13.6. The monoisotopic (exact) mass is 740 g/mol. The van der Waals surface area contributed by atoms with Crippen LogP contribution in [-0.4, -0.2) is 81.8 Å². The number of primary amides is 2. The van der Waals surface area contributed by atoms with E-state index in [1.54, 1.807) is 30.3 Å². The molecule has 0 radical (unpaired) electrons. The molecule has 4 aromatic rings. The number of hydrogen-bond acceptors (Lipinski definition) is 8. The van der Waals surface area contributed by atoms with Gasteiger partial charge in [-0.25, -0.2) is 9.78 Å². The Balaban J connectivity index is 1.63. The van der Waals surface area contributed by atoms with E-state index in [-0.39, 0.29) is 38.6 Å². The minimum atomic E-state index is -1.31. The van der Waals surface area contributed by atoms with E-state index in [0.29, 0.717) is 16.8 Å². The average molecular weight is 741 g/mol. The number of fused-ring (bicyclic) bond motifs is 1. The molecule has 0 saturated heterocycles. The molecule has 4 unspecified atom stereocenters. The van der Waals surface area contributed by atoms with E-state index >= 15 is 0 Å². The van der Waals surface area contributed by atoms with Gasteiger partial charge in [0.2, 0.25) is 29.5 Å². The van der Waals surface area contributed by atoms with E-state index in [9.17, 15) is 28.8 Å². The number of aromatic amines is 1. The molecule has 0 spiro atoms. The Morgan fingerprint density at radius 1 is 0.704 bits per heavy atom. The van der Waals surface area contributed by atoms with Gasteiger partial charge in [-0.3, -0.25) is 24.0 Å². The molecule has 286 valence electrons. The molecular weight excluding hydrogens is 692 g/mol. The topological polar surface area (TPSA) is 269 Å². The number of urea groups is 1. The number of amides is 7. The number of carbonyl (C=O) groups is 6. The number of imidazole rings is 1. The zero-order chi connectivity index (χ0) is 39.3. The number of H-pyrrole nitrogens is 1. The minimum Gasteiger partial charge on any atom is -0.368 e. The average Bonchev–Trinajstić information content (AvgIpc) is 3.65. The Morgan fingerprint density at radius 3 is 1.85 bits per heavy atom. The van der Waals surface area contributed by atoms with Gasteiger partial charge in [-0.05, 0) is 48.6 Å². The zero-order valence-electron chi connectivity index (χ0n) is 30.3. The summed E-state index contributed by atoms with van der Waals surface area (Å²) < 4.78 is 0. The fraction of sp³-hybridized carbons (Fsp3) is 0.342. The van der Waals surface area contributed by atoms with Crippen LogP contribution in [-0.2, 0) is 43.2 Å². The standard InChI is InChI=1S/C38H48N10O6/c1-38(2,41)36(53)48-31(20-27-21-42-22-44-27)35(52)47-30(19-24-14-15-25-11-6-7-12-26(25)17-24)34(51)46-29(18-23-9-4-3-5-10-23)33(50)45-28(32(39)49)13-8-16-43-37(40)54/h3-7,9-12,14-15,17,21-22,28-31H,8,13,16,18-20,41H2,1-2H3,(H2,39,49)(H,42,44)(H,45,50)(H,46,51)(H,47,52)(H,48,53)(H3,40,43,54). The lowest BCUT2D eigenvalue weighted by Crippen LogP contribution is -2.60. The van der Waals surface area contributed by atoms with Crippen molar-refractivity contribution < 1.29 is 28.8 Å². The van der Waals surface area contributed by atoms with Crippen molar-refractivity contribution in [2.75, 3.05) is 6.54 Å². The molecule has 7 amide bonds. The van der Waals surface area contributed by atoms with Crippen LogP contribution in [0.3, 0.4) is 0 Å². The Hall–Kier alpha value is -6.29. The molecule has 1 heterocycles. The van der Waals surface area contributed by atoms with Gasteiger partial charge < -0.3 is 48.8 Å². The molecular formula is C38H48N10O6. The van der Waals surface area contributed by atoms with Gasteiger partial charge in [-0.2, -0.15) is 0 Å². The minimum absolute atomic E-state index is 0.0144. The third-order valence-electron chi connectivity index (χ3n) is 8.62. The second-order valence-electron chi connectivity index (χ2n) is 13.6. The highest BCUT2D eigenvalue weighted by atomic mass is 16.2. The molecule has 16 nitrogen and oxygen atoms in total. The molecule has 0 aliphatic heterocycles. The van der Waals surface area contributed by atoms with Crippen LogP contribution < -0.4 is 43.8 Å². The van der Waals surface area contributed by atoms with Gasteiger partial charge in [0.15, 0.2) is 0 Å². The van der Waals surface area contributed by atoms with Gasteiger partial charge in [0, 0.05) is 37.7 Å². The summed E-state index contributed by atoms with van der Waals surface area (Å²) >= 11 is 0. The first-order valence-corrected chi connectivity index (χ1v) is 17.5. The van der Waals surface area contributed by atoms with Crippen molar-refractivity contribution in [3.63, 3.8) is 0 Å². The van der Waals surface area contributed by atoms with Gasteiger partial charge in [0.25, 0.3) is 0 Å². The van der Waals surface area contributed by atoms with Gasteiger partial charge in [-0.1, -0.05) is 72.8 Å². The van der Waals surface area contributed by atoms with Crippen LogP contribution >= 0.6 is 0 Å². The van der Waals surface area contributed by atoms with E-state index < -0.39 is 65.3 Å². The third-order valence-corrected chi connectivity index (χ3v) is 8.62. The number of rotatable bonds is 19. The maximum atomic E-state index is 14.3. The SMILES string of the molecule is CC(C)(N)C(=O)NC(Cc1cnc[nH]1)C(=O)NC(Cc1ccc2ccccc2c1)C(=O)NC(Cc1ccccc1)C(=O)NC(CCCNC(N)=O)C(N)=O. The maximum Gasteiger partial charge on any atom is 0.312 e. The molecule has 1 aromatic heterocycles. The van der Waals surface area contributed by atoms with Gasteiger partial charge >= 0.3 is 6.03 Å². The van der Waals surface area contributed by atoms with Crippen LogP contribution in [0.1, 0.15) is 43.5 Å². The fourth-order valence-corrected chi connectivity index (χ4v) is 5.66. The first-order valence-electron chi connectivity index (χ1n) is 17.5. The summed E-state index contributed by atoms with van der Waals surface area (Å²) in [6.07, 6.45) is 3.40. The Labute approximate surface area is 312 Å². The van der Waals surface area contributed by atoms with E-state index in [0.717, 1.165) is 10.8 Å². The summed E-state index contributed by atoms with van der Waals surface area (Å²) in [4.78, 5) is 85.4. The van der Waals surface area contributed by atoms with E-state index in [4.69, 9.17) is 17.2 Å². The highest BCUT2D eigenvalue weighted by Gasteiger charge is 2.33. The van der Waals surface area contributed by atoms with Crippen LogP contribution in [0.15, 0.2) is 85.3 Å². The highest BCUT2D eigenvalue weighted by Crippen LogP contribution is 2.17. The number of benzene rings is 3. The van der Waals surface area contributed by atoms with Crippen molar-refractivity contribution in [1.82, 2.24) is 36.6 Å². The van der Waals surface area contributed by atoms with Gasteiger partial charge in [-0.15, -0.1) is 0 Å². The Kier molecular flexibility index (Phi) is 14.2. The molecule has 54 heavy (non-hydrogen) atoms. The van der Waals surface area contributed by atoms with Crippen molar-refractivity contribution in [2.45, 2.75) is 75.7 Å². The number of carbonyl (C=O) groups excluding carboxylic acids is 6. The Morgan fingerprint density at radius 2 is 1.28 bits per heavy atom. The molecule has 0 fully saturated rings. The Bertz CT molecular complexity index is 1910. The number of nitrogens with one attached hydrogen (secondary N) is 6. The van der Waals surface area contributed by atoms with E-state index in [1.807, 2.05) is 42.5 Å².